The predicted octanol–water partition coefficient (Wildman–Crippen LogP) is 1.94. The Kier molecular flexibility index (Phi) is 6.06. The Labute approximate surface area is 147 Å². The summed E-state index contributed by atoms with van der Waals surface area (Å²) in [7, 11) is 0. The Hall–Kier alpha value is -2.78. The fraction of sp³-hybridized carbons (Fsp3) is 0.438. The largest absolute Gasteiger partial charge is 0.450 e. The summed E-state index contributed by atoms with van der Waals surface area (Å²) in [5.41, 5.74) is -0.765. The number of amides is 3. The summed E-state index contributed by atoms with van der Waals surface area (Å²) in [4.78, 5) is 38.4. The number of hydrogen-bond donors (Lipinski definition) is 1. The molecule has 1 aromatic rings. The summed E-state index contributed by atoms with van der Waals surface area (Å²) >= 11 is 0. The SMILES string of the molecule is CCOC(=O)N1CCN(C(=O)C(=O)Nc2ccc(C(F)(F)F)cc2)CC1. The third-order valence-electron chi connectivity index (χ3n) is 3.76. The topological polar surface area (TPSA) is 79.0 Å². The zero-order valence-electron chi connectivity index (χ0n) is 14.0. The zero-order valence-corrected chi connectivity index (χ0v) is 14.0. The van der Waals surface area contributed by atoms with Crippen LogP contribution in [-0.2, 0) is 20.5 Å². The number of nitrogens with zero attached hydrogens (tertiary/aromatic N) is 2. The van der Waals surface area contributed by atoms with Gasteiger partial charge in [-0.25, -0.2) is 4.79 Å². The quantitative estimate of drug-likeness (QED) is 0.804. The Morgan fingerprint density at radius 1 is 1.04 bits per heavy atom. The van der Waals surface area contributed by atoms with Gasteiger partial charge in [-0.05, 0) is 31.2 Å². The average molecular weight is 373 g/mol. The maximum atomic E-state index is 12.5. The molecule has 0 unspecified atom stereocenters. The van der Waals surface area contributed by atoms with Crippen molar-refractivity contribution in [1.82, 2.24) is 9.80 Å². The standard InChI is InChI=1S/C16H18F3N3O4/c1-2-26-15(25)22-9-7-21(8-10-22)14(24)13(23)20-12-5-3-11(4-6-12)16(17,18)19/h3-6H,2,7-10H2,1H3,(H,20,23). The van der Waals surface area contributed by atoms with E-state index >= 15 is 0 Å². The van der Waals surface area contributed by atoms with Crippen LogP contribution in [0.15, 0.2) is 24.3 Å². The minimum absolute atomic E-state index is 0.0847. The van der Waals surface area contributed by atoms with Gasteiger partial charge >= 0.3 is 24.1 Å². The van der Waals surface area contributed by atoms with Crippen molar-refractivity contribution >= 4 is 23.6 Å². The number of ether oxygens (including phenoxy) is 1. The van der Waals surface area contributed by atoms with Gasteiger partial charge in [-0.15, -0.1) is 0 Å². The lowest BCUT2D eigenvalue weighted by molar-refractivity contribution is -0.144. The van der Waals surface area contributed by atoms with Crippen molar-refractivity contribution in [3.63, 3.8) is 0 Å². The van der Waals surface area contributed by atoms with Crippen molar-refractivity contribution in [3.05, 3.63) is 29.8 Å². The summed E-state index contributed by atoms with van der Waals surface area (Å²) in [5.74, 6) is -1.76. The van der Waals surface area contributed by atoms with Gasteiger partial charge in [-0.2, -0.15) is 13.2 Å². The van der Waals surface area contributed by atoms with Crippen LogP contribution in [0.5, 0.6) is 0 Å². The molecule has 1 N–H and O–H groups in total. The summed E-state index contributed by atoms with van der Waals surface area (Å²) < 4.78 is 42.4. The molecule has 0 aromatic heterocycles. The van der Waals surface area contributed by atoms with Crippen LogP contribution in [0.25, 0.3) is 0 Å². The van der Waals surface area contributed by atoms with Gasteiger partial charge in [-0.1, -0.05) is 0 Å². The fourth-order valence-electron chi connectivity index (χ4n) is 2.38. The lowest BCUT2D eigenvalue weighted by Gasteiger charge is -2.33. The van der Waals surface area contributed by atoms with Gasteiger partial charge in [0.2, 0.25) is 0 Å². The monoisotopic (exact) mass is 373 g/mol. The van der Waals surface area contributed by atoms with Crippen LogP contribution in [0.3, 0.4) is 0 Å². The number of alkyl halides is 3. The van der Waals surface area contributed by atoms with E-state index in [1.165, 1.54) is 9.80 Å². The Balaban J connectivity index is 1.88. The van der Waals surface area contributed by atoms with E-state index in [0.717, 1.165) is 24.3 Å². The second-order valence-corrected chi connectivity index (χ2v) is 5.51. The molecule has 1 heterocycles. The number of anilines is 1. The van der Waals surface area contributed by atoms with Crippen LogP contribution in [0, 0.1) is 0 Å². The van der Waals surface area contributed by atoms with Crippen molar-refractivity contribution in [3.8, 4) is 0 Å². The molecule has 0 radical (unpaired) electrons. The molecule has 7 nitrogen and oxygen atoms in total. The van der Waals surface area contributed by atoms with E-state index in [1.807, 2.05) is 0 Å². The van der Waals surface area contributed by atoms with Gasteiger partial charge < -0.3 is 19.9 Å². The molecule has 10 heteroatoms. The molecule has 142 valence electrons. The number of nitrogens with one attached hydrogen (secondary N) is 1. The molecule has 0 aliphatic carbocycles. The molecule has 0 saturated carbocycles. The lowest BCUT2D eigenvalue weighted by atomic mass is 10.2. The zero-order chi connectivity index (χ0) is 19.3. The normalized spacial score (nSPS) is 14.8. The first-order valence-corrected chi connectivity index (χ1v) is 7.91. The van der Waals surface area contributed by atoms with Crippen LogP contribution in [0.4, 0.5) is 23.7 Å². The highest BCUT2D eigenvalue weighted by atomic mass is 19.4. The highest BCUT2D eigenvalue weighted by molar-refractivity contribution is 6.39. The van der Waals surface area contributed by atoms with Crippen molar-refractivity contribution in [2.24, 2.45) is 0 Å². The van der Waals surface area contributed by atoms with Gasteiger partial charge in [0.15, 0.2) is 0 Å². The molecule has 1 aliphatic heterocycles. The average Bonchev–Trinajstić information content (AvgIpc) is 2.61. The first kappa shape index (κ1) is 19.5. The van der Waals surface area contributed by atoms with Crippen molar-refractivity contribution in [1.29, 1.82) is 0 Å². The molecule has 1 fully saturated rings. The molecular formula is C16H18F3N3O4. The van der Waals surface area contributed by atoms with Crippen LogP contribution in [0.1, 0.15) is 12.5 Å². The second kappa shape index (κ2) is 8.07. The summed E-state index contributed by atoms with van der Waals surface area (Å²) in [5, 5.41) is 2.27. The van der Waals surface area contributed by atoms with E-state index in [4.69, 9.17) is 4.74 Å². The maximum Gasteiger partial charge on any atom is 0.416 e. The van der Waals surface area contributed by atoms with E-state index < -0.39 is 29.6 Å². The molecular weight excluding hydrogens is 355 g/mol. The number of carbonyl (C=O) groups is 3. The van der Waals surface area contributed by atoms with Gasteiger partial charge in [0.1, 0.15) is 0 Å². The minimum atomic E-state index is -4.48. The first-order valence-electron chi connectivity index (χ1n) is 7.91. The van der Waals surface area contributed by atoms with Gasteiger partial charge in [-0.3, -0.25) is 9.59 Å². The number of benzene rings is 1. The van der Waals surface area contributed by atoms with Crippen LogP contribution < -0.4 is 5.32 Å². The van der Waals surface area contributed by atoms with Crippen LogP contribution in [0.2, 0.25) is 0 Å². The molecule has 0 bridgehead atoms. The van der Waals surface area contributed by atoms with Crippen molar-refractivity contribution < 1.29 is 32.3 Å². The number of carbonyl (C=O) groups excluding carboxylic acids is 3. The van der Waals surface area contributed by atoms with Crippen molar-refractivity contribution in [2.45, 2.75) is 13.1 Å². The lowest BCUT2D eigenvalue weighted by Crippen LogP contribution is -2.53. The fourth-order valence-corrected chi connectivity index (χ4v) is 2.38. The predicted molar refractivity (Wildman–Crippen MR) is 85.2 cm³/mol. The van der Waals surface area contributed by atoms with Gasteiger partial charge in [0, 0.05) is 31.9 Å². The summed E-state index contributed by atoms with van der Waals surface area (Å²) in [6, 6.07) is 3.79. The van der Waals surface area contributed by atoms with Gasteiger partial charge in [0.05, 0.1) is 12.2 Å². The van der Waals surface area contributed by atoms with E-state index in [9.17, 15) is 27.6 Å². The molecule has 1 aromatic carbocycles. The van der Waals surface area contributed by atoms with Crippen molar-refractivity contribution in [2.75, 3.05) is 38.1 Å². The van der Waals surface area contributed by atoms with Gasteiger partial charge in [0.25, 0.3) is 0 Å². The molecule has 3 amide bonds. The number of hydrogen-bond acceptors (Lipinski definition) is 4. The smallest absolute Gasteiger partial charge is 0.416 e. The summed E-state index contributed by atoms with van der Waals surface area (Å²) in [6.45, 7) is 2.73. The van der Waals surface area contributed by atoms with E-state index in [-0.39, 0.29) is 38.5 Å². The maximum absolute atomic E-state index is 12.5. The van der Waals surface area contributed by atoms with E-state index in [0.29, 0.717) is 0 Å². The van der Waals surface area contributed by atoms with Crippen LogP contribution in [-0.4, -0.2) is 60.5 Å². The molecule has 0 atom stereocenters. The third kappa shape index (κ3) is 4.87. The molecule has 1 aliphatic rings. The molecule has 1 saturated heterocycles. The van der Waals surface area contributed by atoms with E-state index in [1.54, 1.807) is 6.92 Å². The highest BCUT2D eigenvalue weighted by Gasteiger charge is 2.31. The minimum Gasteiger partial charge on any atom is -0.450 e. The number of halogens is 3. The Morgan fingerprint density at radius 2 is 1.58 bits per heavy atom. The number of rotatable bonds is 2. The highest BCUT2D eigenvalue weighted by Crippen LogP contribution is 2.29. The summed E-state index contributed by atoms with van der Waals surface area (Å²) in [6.07, 6.45) is -4.95. The molecule has 0 spiro atoms. The van der Waals surface area contributed by atoms with E-state index in [2.05, 4.69) is 5.32 Å². The molecule has 26 heavy (non-hydrogen) atoms. The second-order valence-electron chi connectivity index (χ2n) is 5.51. The third-order valence-corrected chi connectivity index (χ3v) is 3.76. The molecule has 2 rings (SSSR count). The Morgan fingerprint density at radius 3 is 2.08 bits per heavy atom. The van der Waals surface area contributed by atoms with Crippen LogP contribution >= 0.6 is 0 Å². The Bertz CT molecular complexity index is 668. The first-order chi connectivity index (χ1) is 12.2. The number of piperazine rings is 1.